The summed E-state index contributed by atoms with van der Waals surface area (Å²) in [6.07, 6.45) is 1.24. The highest BCUT2D eigenvalue weighted by Gasteiger charge is 2.10. The standard InChI is InChI=1S/C6H5BrN2O2/c1-4-2-5(7)6(3-8-4)9(10)11/h2-3H,1H3. The minimum Gasteiger partial charge on any atom is -0.258 e. The lowest BCUT2D eigenvalue weighted by molar-refractivity contribution is -0.386. The molecule has 0 N–H and O–H groups in total. The molecule has 1 aromatic heterocycles. The second kappa shape index (κ2) is 2.96. The maximum Gasteiger partial charge on any atom is 0.301 e. The Morgan fingerprint density at radius 2 is 2.36 bits per heavy atom. The molecule has 1 rings (SSSR count). The van der Waals surface area contributed by atoms with Gasteiger partial charge in [0.2, 0.25) is 0 Å². The third-order valence-electron chi connectivity index (χ3n) is 1.17. The van der Waals surface area contributed by atoms with Crippen LogP contribution in [0.1, 0.15) is 5.69 Å². The van der Waals surface area contributed by atoms with Crippen molar-refractivity contribution in [2.24, 2.45) is 0 Å². The van der Waals surface area contributed by atoms with Gasteiger partial charge in [0.1, 0.15) is 6.20 Å². The molecule has 1 aromatic rings. The van der Waals surface area contributed by atoms with Crippen molar-refractivity contribution < 1.29 is 4.92 Å². The summed E-state index contributed by atoms with van der Waals surface area (Å²) in [6.45, 7) is 1.77. The summed E-state index contributed by atoms with van der Waals surface area (Å²) in [5, 5.41) is 10.3. The molecule has 11 heavy (non-hydrogen) atoms. The molecule has 4 nitrogen and oxygen atoms in total. The fourth-order valence-corrected chi connectivity index (χ4v) is 1.23. The van der Waals surface area contributed by atoms with Gasteiger partial charge < -0.3 is 0 Å². The van der Waals surface area contributed by atoms with Crippen molar-refractivity contribution in [3.05, 3.63) is 32.5 Å². The number of aromatic nitrogens is 1. The molecule has 1 heterocycles. The van der Waals surface area contributed by atoms with E-state index in [4.69, 9.17) is 0 Å². The maximum absolute atomic E-state index is 10.3. The van der Waals surface area contributed by atoms with Gasteiger partial charge in [0.15, 0.2) is 0 Å². The maximum atomic E-state index is 10.3. The normalized spacial score (nSPS) is 9.64. The fraction of sp³-hybridized carbons (Fsp3) is 0.167. The number of halogens is 1. The van der Waals surface area contributed by atoms with Crippen LogP contribution in [-0.4, -0.2) is 9.91 Å². The minimum atomic E-state index is -0.476. The number of pyridine rings is 1. The molecule has 0 saturated carbocycles. The van der Waals surface area contributed by atoms with Crippen LogP contribution in [0, 0.1) is 17.0 Å². The lowest BCUT2D eigenvalue weighted by Crippen LogP contribution is -1.91. The summed E-state index contributed by atoms with van der Waals surface area (Å²) in [7, 11) is 0. The highest BCUT2D eigenvalue weighted by Crippen LogP contribution is 2.23. The molecule has 0 amide bonds. The van der Waals surface area contributed by atoms with E-state index >= 15 is 0 Å². The minimum absolute atomic E-state index is 0.00407. The van der Waals surface area contributed by atoms with Crippen LogP contribution in [0.2, 0.25) is 0 Å². The Hall–Kier alpha value is -0.970. The van der Waals surface area contributed by atoms with E-state index in [0.29, 0.717) is 4.47 Å². The van der Waals surface area contributed by atoms with Crippen molar-refractivity contribution in [2.75, 3.05) is 0 Å². The highest BCUT2D eigenvalue weighted by atomic mass is 79.9. The predicted molar refractivity (Wildman–Crippen MR) is 43.3 cm³/mol. The van der Waals surface area contributed by atoms with Crippen molar-refractivity contribution in [3.8, 4) is 0 Å². The molecule has 0 saturated heterocycles. The lowest BCUT2D eigenvalue weighted by Gasteiger charge is -1.94. The van der Waals surface area contributed by atoms with Gasteiger partial charge in [-0.15, -0.1) is 0 Å². The van der Waals surface area contributed by atoms with E-state index in [1.54, 1.807) is 13.0 Å². The van der Waals surface area contributed by atoms with Crippen LogP contribution in [0.5, 0.6) is 0 Å². The van der Waals surface area contributed by atoms with Crippen LogP contribution in [0.3, 0.4) is 0 Å². The molecule has 0 aliphatic carbocycles. The number of aryl methyl sites for hydroxylation is 1. The monoisotopic (exact) mass is 216 g/mol. The average molecular weight is 217 g/mol. The second-order valence-electron chi connectivity index (χ2n) is 2.03. The zero-order valence-electron chi connectivity index (χ0n) is 5.74. The molecule has 58 valence electrons. The Bertz CT molecular complexity index is 301. The lowest BCUT2D eigenvalue weighted by atomic mass is 10.3. The Balaban J connectivity index is 3.20. The van der Waals surface area contributed by atoms with Gasteiger partial charge in [-0.25, -0.2) is 0 Å². The summed E-state index contributed by atoms with van der Waals surface area (Å²) < 4.78 is 0.468. The zero-order chi connectivity index (χ0) is 8.43. The van der Waals surface area contributed by atoms with Gasteiger partial charge in [-0.1, -0.05) is 0 Å². The molecule has 0 unspecified atom stereocenters. The summed E-state index contributed by atoms with van der Waals surface area (Å²) in [5.41, 5.74) is 0.748. The topological polar surface area (TPSA) is 56.0 Å². The second-order valence-corrected chi connectivity index (χ2v) is 2.89. The highest BCUT2D eigenvalue weighted by molar-refractivity contribution is 9.10. The van der Waals surface area contributed by atoms with Crippen LogP contribution in [0.25, 0.3) is 0 Å². The summed E-state index contributed by atoms with van der Waals surface area (Å²) in [5.74, 6) is 0. The first kappa shape index (κ1) is 8.13. The van der Waals surface area contributed by atoms with E-state index in [1.807, 2.05) is 0 Å². The van der Waals surface area contributed by atoms with Crippen molar-refractivity contribution in [3.63, 3.8) is 0 Å². The Labute approximate surface area is 71.5 Å². The van der Waals surface area contributed by atoms with Gasteiger partial charge in [0.05, 0.1) is 9.40 Å². The van der Waals surface area contributed by atoms with Crippen LogP contribution in [-0.2, 0) is 0 Å². The molecule has 0 atom stereocenters. The molecule has 0 fully saturated rings. The smallest absolute Gasteiger partial charge is 0.258 e. The van der Waals surface area contributed by atoms with Crippen LogP contribution < -0.4 is 0 Å². The zero-order valence-corrected chi connectivity index (χ0v) is 7.33. The van der Waals surface area contributed by atoms with Gasteiger partial charge in [-0.2, -0.15) is 0 Å². The fourth-order valence-electron chi connectivity index (χ4n) is 0.654. The van der Waals surface area contributed by atoms with E-state index in [2.05, 4.69) is 20.9 Å². The molecule has 0 aliphatic rings. The van der Waals surface area contributed by atoms with Crippen LogP contribution >= 0.6 is 15.9 Å². The largest absolute Gasteiger partial charge is 0.301 e. The van der Waals surface area contributed by atoms with E-state index in [9.17, 15) is 10.1 Å². The number of nitrogens with zero attached hydrogens (tertiary/aromatic N) is 2. The van der Waals surface area contributed by atoms with E-state index in [0.717, 1.165) is 5.69 Å². The van der Waals surface area contributed by atoms with Gasteiger partial charge >= 0.3 is 5.69 Å². The number of hydrogen-bond donors (Lipinski definition) is 0. The Kier molecular flexibility index (Phi) is 2.19. The van der Waals surface area contributed by atoms with Crippen LogP contribution in [0.15, 0.2) is 16.7 Å². The molecular formula is C6H5BrN2O2. The van der Waals surface area contributed by atoms with Gasteiger partial charge in [0.25, 0.3) is 0 Å². The quantitative estimate of drug-likeness (QED) is 0.534. The van der Waals surface area contributed by atoms with E-state index in [-0.39, 0.29) is 5.69 Å². The van der Waals surface area contributed by atoms with Crippen molar-refractivity contribution in [1.82, 2.24) is 4.98 Å². The molecule has 0 spiro atoms. The van der Waals surface area contributed by atoms with E-state index in [1.165, 1.54) is 6.20 Å². The van der Waals surface area contributed by atoms with E-state index < -0.39 is 4.92 Å². The van der Waals surface area contributed by atoms with Crippen molar-refractivity contribution >= 4 is 21.6 Å². The van der Waals surface area contributed by atoms with Gasteiger partial charge in [-0.3, -0.25) is 15.1 Å². The summed E-state index contributed by atoms with van der Waals surface area (Å²) in [4.78, 5) is 13.6. The number of rotatable bonds is 1. The first-order valence-corrected chi connectivity index (χ1v) is 3.67. The van der Waals surface area contributed by atoms with Crippen molar-refractivity contribution in [2.45, 2.75) is 6.92 Å². The van der Waals surface area contributed by atoms with Crippen molar-refractivity contribution in [1.29, 1.82) is 0 Å². The molecule has 0 aromatic carbocycles. The van der Waals surface area contributed by atoms with Crippen LogP contribution in [0.4, 0.5) is 5.69 Å². The predicted octanol–water partition coefficient (Wildman–Crippen LogP) is 2.06. The number of hydrogen-bond acceptors (Lipinski definition) is 3. The average Bonchev–Trinajstić information content (AvgIpc) is 1.85. The Morgan fingerprint density at radius 1 is 1.73 bits per heavy atom. The third kappa shape index (κ3) is 1.74. The molecule has 0 bridgehead atoms. The summed E-state index contributed by atoms with van der Waals surface area (Å²) in [6, 6.07) is 1.61. The Morgan fingerprint density at radius 3 is 2.82 bits per heavy atom. The molecule has 0 aliphatic heterocycles. The third-order valence-corrected chi connectivity index (χ3v) is 1.80. The first-order chi connectivity index (χ1) is 5.11. The SMILES string of the molecule is Cc1cc(Br)c([N+](=O)[O-])cn1. The van der Waals surface area contributed by atoms with Gasteiger partial charge in [-0.05, 0) is 28.9 Å². The number of nitro groups is 1. The molecular weight excluding hydrogens is 212 g/mol. The first-order valence-electron chi connectivity index (χ1n) is 2.88. The summed E-state index contributed by atoms with van der Waals surface area (Å²) >= 11 is 3.07. The molecule has 5 heteroatoms. The van der Waals surface area contributed by atoms with Gasteiger partial charge in [0, 0.05) is 5.69 Å². The molecule has 0 radical (unpaired) electrons.